The fourth-order valence-corrected chi connectivity index (χ4v) is 3.68. The smallest absolute Gasteiger partial charge is 0.125 e. The van der Waals surface area contributed by atoms with E-state index in [9.17, 15) is 0 Å². The van der Waals surface area contributed by atoms with Crippen molar-refractivity contribution in [2.24, 2.45) is 0 Å². The van der Waals surface area contributed by atoms with E-state index in [1.807, 2.05) is 12.1 Å². The Labute approximate surface area is 121 Å². The fourth-order valence-electron chi connectivity index (χ4n) is 1.93. The molecule has 0 fully saturated rings. The molecule has 3 rings (SSSR count). The number of thiazole rings is 1. The van der Waals surface area contributed by atoms with Gasteiger partial charge in [0, 0.05) is 11.1 Å². The Bertz CT molecular complexity index is 660. The lowest BCUT2D eigenvalue weighted by atomic mass is 10.2. The van der Waals surface area contributed by atoms with Crippen molar-refractivity contribution in [2.75, 3.05) is 6.26 Å². The molecule has 1 nitrogen and oxygen atoms in total. The minimum absolute atomic E-state index is 1.09. The third-order valence-corrected chi connectivity index (χ3v) is 5.06. The van der Waals surface area contributed by atoms with Crippen molar-refractivity contribution in [1.82, 2.24) is 4.98 Å². The molecule has 0 amide bonds. The van der Waals surface area contributed by atoms with Gasteiger partial charge in [-0.2, -0.15) is 0 Å². The molecule has 19 heavy (non-hydrogen) atoms. The SMILES string of the molecule is CSc1sc(-c2ccccc2)nc1-c1ccccc1. The Hall–Kier alpha value is -1.58. The highest BCUT2D eigenvalue weighted by Crippen LogP contribution is 2.38. The van der Waals surface area contributed by atoms with E-state index in [0.717, 1.165) is 10.7 Å². The van der Waals surface area contributed by atoms with Gasteiger partial charge in [-0.1, -0.05) is 60.7 Å². The fraction of sp³-hybridized carbons (Fsp3) is 0.0625. The van der Waals surface area contributed by atoms with Gasteiger partial charge in [-0.25, -0.2) is 4.98 Å². The second-order valence-electron chi connectivity index (χ2n) is 4.09. The van der Waals surface area contributed by atoms with E-state index in [-0.39, 0.29) is 0 Å². The molecule has 2 aromatic carbocycles. The van der Waals surface area contributed by atoms with Crippen LogP contribution in [0.25, 0.3) is 21.8 Å². The first-order valence-corrected chi connectivity index (χ1v) is 8.08. The summed E-state index contributed by atoms with van der Waals surface area (Å²) in [6.07, 6.45) is 2.11. The van der Waals surface area contributed by atoms with Gasteiger partial charge in [0.05, 0.1) is 9.90 Å². The number of thioether (sulfide) groups is 1. The van der Waals surface area contributed by atoms with Crippen molar-refractivity contribution in [3.05, 3.63) is 60.7 Å². The molecule has 0 unspecified atom stereocenters. The Kier molecular flexibility index (Phi) is 3.67. The molecule has 0 saturated heterocycles. The molecule has 0 radical (unpaired) electrons. The van der Waals surface area contributed by atoms with Crippen molar-refractivity contribution in [2.45, 2.75) is 4.21 Å². The second-order valence-corrected chi connectivity index (χ2v) is 6.17. The Morgan fingerprint density at radius 3 is 2.00 bits per heavy atom. The summed E-state index contributed by atoms with van der Waals surface area (Å²) in [5.41, 5.74) is 3.47. The molecule has 0 spiro atoms. The minimum Gasteiger partial charge on any atom is -0.235 e. The van der Waals surface area contributed by atoms with E-state index < -0.39 is 0 Å². The average Bonchev–Trinajstić information content (AvgIpc) is 2.93. The van der Waals surface area contributed by atoms with Gasteiger partial charge in [-0.3, -0.25) is 0 Å². The van der Waals surface area contributed by atoms with E-state index in [2.05, 4.69) is 54.8 Å². The Morgan fingerprint density at radius 1 is 0.842 bits per heavy atom. The molecule has 0 bridgehead atoms. The summed E-state index contributed by atoms with van der Waals surface area (Å²) in [5.74, 6) is 0. The molecule has 3 heteroatoms. The lowest BCUT2D eigenvalue weighted by molar-refractivity contribution is 1.36. The standard InChI is InChI=1S/C16H13NS2/c1-18-16-14(12-8-4-2-5-9-12)17-15(19-16)13-10-6-3-7-11-13/h2-11H,1H3. The predicted octanol–water partition coefficient (Wildman–Crippen LogP) is 5.20. The lowest BCUT2D eigenvalue weighted by Gasteiger charge is -1.98. The largest absolute Gasteiger partial charge is 0.235 e. The van der Waals surface area contributed by atoms with Gasteiger partial charge in [0.25, 0.3) is 0 Å². The third-order valence-electron chi connectivity index (χ3n) is 2.85. The van der Waals surface area contributed by atoms with Gasteiger partial charge in [0.1, 0.15) is 5.01 Å². The van der Waals surface area contributed by atoms with Gasteiger partial charge in [-0.05, 0) is 6.26 Å². The number of rotatable bonds is 3. The summed E-state index contributed by atoms with van der Waals surface area (Å²) in [4.78, 5) is 4.82. The first kappa shape index (κ1) is 12.5. The van der Waals surface area contributed by atoms with Crippen molar-refractivity contribution < 1.29 is 0 Å². The van der Waals surface area contributed by atoms with Crippen LogP contribution < -0.4 is 0 Å². The van der Waals surface area contributed by atoms with E-state index in [0.29, 0.717) is 0 Å². The summed E-state index contributed by atoms with van der Waals surface area (Å²) in [7, 11) is 0. The predicted molar refractivity (Wildman–Crippen MR) is 84.8 cm³/mol. The molecule has 0 aliphatic carbocycles. The van der Waals surface area contributed by atoms with E-state index in [1.54, 1.807) is 23.1 Å². The van der Waals surface area contributed by atoms with E-state index >= 15 is 0 Å². The maximum absolute atomic E-state index is 4.82. The Morgan fingerprint density at radius 2 is 1.42 bits per heavy atom. The van der Waals surface area contributed by atoms with Crippen LogP contribution in [0.15, 0.2) is 64.9 Å². The molecule has 0 N–H and O–H groups in total. The molecule has 94 valence electrons. The molecular weight excluding hydrogens is 270 g/mol. The van der Waals surface area contributed by atoms with Gasteiger partial charge >= 0.3 is 0 Å². The topological polar surface area (TPSA) is 12.9 Å². The van der Waals surface area contributed by atoms with Crippen LogP contribution in [-0.2, 0) is 0 Å². The van der Waals surface area contributed by atoms with Crippen LogP contribution >= 0.6 is 23.1 Å². The Balaban J connectivity index is 2.09. The van der Waals surface area contributed by atoms with Crippen molar-refractivity contribution in [3.8, 4) is 21.8 Å². The molecule has 0 saturated carbocycles. The van der Waals surface area contributed by atoms with Crippen molar-refractivity contribution in [1.29, 1.82) is 0 Å². The van der Waals surface area contributed by atoms with Crippen molar-refractivity contribution in [3.63, 3.8) is 0 Å². The molecule has 0 aliphatic heterocycles. The highest BCUT2D eigenvalue weighted by molar-refractivity contribution is 8.00. The highest BCUT2D eigenvalue weighted by Gasteiger charge is 2.13. The number of aromatic nitrogens is 1. The first-order valence-electron chi connectivity index (χ1n) is 6.04. The van der Waals surface area contributed by atoms with Crippen LogP contribution in [0.3, 0.4) is 0 Å². The van der Waals surface area contributed by atoms with Crippen LogP contribution in [-0.4, -0.2) is 11.2 Å². The average molecular weight is 283 g/mol. The van der Waals surface area contributed by atoms with E-state index in [1.165, 1.54) is 15.3 Å². The highest BCUT2D eigenvalue weighted by atomic mass is 32.2. The molecule has 3 aromatic rings. The van der Waals surface area contributed by atoms with Gasteiger partial charge in [0.2, 0.25) is 0 Å². The summed E-state index contributed by atoms with van der Waals surface area (Å²) in [6, 6.07) is 20.7. The zero-order chi connectivity index (χ0) is 13.1. The number of hydrogen-bond donors (Lipinski definition) is 0. The second kappa shape index (κ2) is 5.59. The summed E-state index contributed by atoms with van der Waals surface area (Å²) >= 11 is 3.52. The zero-order valence-electron chi connectivity index (χ0n) is 10.5. The van der Waals surface area contributed by atoms with Crippen LogP contribution in [0.5, 0.6) is 0 Å². The normalized spacial score (nSPS) is 10.6. The maximum Gasteiger partial charge on any atom is 0.125 e. The van der Waals surface area contributed by atoms with Gasteiger partial charge in [0.15, 0.2) is 0 Å². The monoisotopic (exact) mass is 283 g/mol. The maximum atomic E-state index is 4.82. The molecule has 1 aromatic heterocycles. The zero-order valence-corrected chi connectivity index (χ0v) is 12.2. The van der Waals surface area contributed by atoms with Crippen LogP contribution in [0.2, 0.25) is 0 Å². The molecule has 1 heterocycles. The van der Waals surface area contributed by atoms with Crippen molar-refractivity contribution >= 4 is 23.1 Å². The lowest BCUT2D eigenvalue weighted by Crippen LogP contribution is -1.80. The first-order chi connectivity index (χ1) is 9.38. The van der Waals surface area contributed by atoms with Crippen LogP contribution in [0.4, 0.5) is 0 Å². The van der Waals surface area contributed by atoms with Gasteiger partial charge < -0.3 is 0 Å². The molecular formula is C16H13NS2. The summed E-state index contributed by atoms with van der Waals surface area (Å²) in [6.45, 7) is 0. The minimum atomic E-state index is 1.09. The van der Waals surface area contributed by atoms with Crippen LogP contribution in [0, 0.1) is 0 Å². The van der Waals surface area contributed by atoms with Crippen LogP contribution in [0.1, 0.15) is 0 Å². The number of hydrogen-bond acceptors (Lipinski definition) is 3. The number of benzene rings is 2. The number of nitrogens with zero attached hydrogens (tertiary/aromatic N) is 1. The summed E-state index contributed by atoms with van der Waals surface area (Å²) < 4.78 is 1.27. The quantitative estimate of drug-likeness (QED) is 0.613. The molecule has 0 aliphatic rings. The molecule has 0 atom stereocenters. The van der Waals surface area contributed by atoms with E-state index in [4.69, 9.17) is 4.98 Å². The van der Waals surface area contributed by atoms with Gasteiger partial charge in [-0.15, -0.1) is 23.1 Å². The summed E-state index contributed by atoms with van der Waals surface area (Å²) in [5, 5.41) is 1.09. The third kappa shape index (κ3) is 2.57.